The van der Waals surface area contributed by atoms with E-state index in [2.05, 4.69) is 15.3 Å². The van der Waals surface area contributed by atoms with Gasteiger partial charge < -0.3 is 10.1 Å². The van der Waals surface area contributed by atoms with Crippen LogP contribution in [0, 0.1) is 0 Å². The summed E-state index contributed by atoms with van der Waals surface area (Å²) in [5, 5.41) is 3.38. The summed E-state index contributed by atoms with van der Waals surface area (Å²) in [5.74, 6) is 0.263. The number of hydrogen-bond acceptors (Lipinski definition) is 6. The minimum Gasteiger partial charge on any atom is -0.464 e. The number of esters is 1. The molecule has 0 unspecified atom stereocenters. The molecule has 1 fully saturated rings. The van der Waals surface area contributed by atoms with Crippen LogP contribution in [0.4, 0.5) is 5.82 Å². The molecule has 3 rings (SSSR count). The number of nitrogens with zero attached hydrogens (tertiary/aromatic N) is 2. The Morgan fingerprint density at radius 2 is 2.14 bits per heavy atom. The number of rotatable bonds is 4. The van der Waals surface area contributed by atoms with Gasteiger partial charge in [0.05, 0.1) is 16.3 Å². The number of ether oxygens (including phenoxy) is 1. The summed E-state index contributed by atoms with van der Waals surface area (Å²) < 4.78 is 5.35. The zero-order valence-electron chi connectivity index (χ0n) is 11.0. The van der Waals surface area contributed by atoms with Gasteiger partial charge in [0.2, 0.25) is 0 Å². The average Bonchev–Trinajstić information content (AvgIpc) is 3.19. The van der Waals surface area contributed by atoms with Crippen molar-refractivity contribution in [1.29, 1.82) is 0 Å². The van der Waals surface area contributed by atoms with Crippen LogP contribution in [-0.4, -0.2) is 29.1 Å². The van der Waals surface area contributed by atoms with E-state index >= 15 is 0 Å². The molecule has 21 heavy (non-hydrogen) atoms. The van der Waals surface area contributed by atoms with E-state index in [1.807, 2.05) is 0 Å². The number of carbonyl (C=O) groups is 1. The highest BCUT2D eigenvalue weighted by Gasteiger charge is 2.26. The van der Waals surface area contributed by atoms with Crippen molar-refractivity contribution < 1.29 is 9.53 Å². The van der Waals surface area contributed by atoms with Crippen molar-refractivity contribution in [2.24, 2.45) is 0 Å². The maximum absolute atomic E-state index is 11.8. The van der Waals surface area contributed by atoms with Crippen molar-refractivity contribution in [3.8, 4) is 10.7 Å². The van der Waals surface area contributed by atoms with Gasteiger partial charge in [0.15, 0.2) is 11.5 Å². The second-order valence-electron chi connectivity index (χ2n) is 4.57. The fraction of sp³-hybridized carbons (Fsp3) is 0.308. The van der Waals surface area contributed by atoms with Gasteiger partial charge in [0, 0.05) is 6.04 Å². The van der Waals surface area contributed by atoms with Crippen LogP contribution in [0.25, 0.3) is 10.7 Å². The van der Waals surface area contributed by atoms with E-state index in [1.54, 1.807) is 12.1 Å². The van der Waals surface area contributed by atoms with Crippen LogP contribution < -0.4 is 5.32 Å². The van der Waals surface area contributed by atoms with Gasteiger partial charge in [-0.05, 0) is 25.0 Å². The van der Waals surface area contributed by atoms with Crippen LogP contribution in [0.15, 0.2) is 12.1 Å². The molecule has 0 aliphatic heterocycles. The maximum atomic E-state index is 11.8. The number of anilines is 1. The third-order valence-corrected chi connectivity index (χ3v) is 4.53. The third kappa shape index (κ3) is 3.12. The normalized spacial score (nSPS) is 14.0. The quantitative estimate of drug-likeness (QED) is 0.853. The van der Waals surface area contributed by atoms with Crippen molar-refractivity contribution in [2.45, 2.75) is 18.9 Å². The van der Waals surface area contributed by atoms with Gasteiger partial charge in [-0.25, -0.2) is 14.8 Å². The molecule has 8 heteroatoms. The van der Waals surface area contributed by atoms with E-state index in [0.29, 0.717) is 22.0 Å². The minimum absolute atomic E-state index is 0.0526. The molecule has 2 heterocycles. The Morgan fingerprint density at radius 3 is 2.71 bits per heavy atom. The number of hydrogen-bond donors (Lipinski definition) is 1. The van der Waals surface area contributed by atoms with E-state index in [1.165, 1.54) is 18.4 Å². The average molecular weight is 344 g/mol. The molecule has 0 atom stereocenters. The summed E-state index contributed by atoms with van der Waals surface area (Å²) in [6, 6.07) is 3.91. The number of halogens is 2. The Hall–Kier alpha value is -1.37. The Balaban J connectivity index is 2.08. The Labute approximate surface area is 135 Å². The first-order valence-electron chi connectivity index (χ1n) is 6.26. The summed E-state index contributed by atoms with van der Waals surface area (Å²) in [7, 11) is 1.29. The molecule has 1 aliphatic rings. The molecule has 1 aliphatic carbocycles. The standard InChI is InChI=1S/C13H11Cl2N3O2S/c1-20-13(19)10-9(15)12(16-6-2-3-6)18-11(17-10)7-4-5-8(14)21-7/h4-6H,2-3H2,1H3,(H,16,17,18). The lowest BCUT2D eigenvalue weighted by molar-refractivity contribution is 0.0594. The third-order valence-electron chi connectivity index (χ3n) is 2.94. The summed E-state index contributed by atoms with van der Waals surface area (Å²) in [6.45, 7) is 0. The monoisotopic (exact) mass is 343 g/mol. The first-order chi connectivity index (χ1) is 10.1. The van der Waals surface area contributed by atoms with Crippen LogP contribution in [0.1, 0.15) is 23.3 Å². The van der Waals surface area contributed by atoms with Crippen LogP contribution in [-0.2, 0) is 4.74 Å². The summed E-state index contributed by atoms with van der Waals surface area (Å²) >= 11 is 13.5. The second kappa shape index (κ2) is 5.79. The molecule has 0 radical (unpaired) electrons. The highest BCUT2D eigenvalue weighted by molar-refractivity contribution is 7.19. The fourth-order valence-electron chi connectivity index (χ4n) is 1.74. The van der Waals surface area contributed by atoms with Gasteiger partial charge in [0.1, 0.15) is 10.8 Å². The molecule has 0 bridgehead atoms. The molecule has 0 saturated heterocycles. The molecule has 0 amide bonds. The first kappa shape index (κ1) is 14.6. The molecule has 1 N–H and O–H groups in total. The number of carbonyl (C=O) groups excluding carboxylic acids is 1. The molecule has 2 aromatic heterocycles. The summed E-state index contributed by atoms with van der Waals surface area (Å²) in [6.07, 6.45) is 2.13. The molecular weight excluding hydrogens is 333 g/mol. The van der Waals surface area contributed by atoms with E-state index in [4.69, 9.17) is 27.9 Å². The summed E-state index contributed by atoms with van der Waals surface area (Å²) in [4.78, 5) is 21.2. The summed E-state index contributed by atoms with van der Waals surface area (Å²) in [5.41, 5.74) is 0.0526. The van der Waals surface area contributed by atoms with Crippen LogP contribution >= 0.6 is 34.5 Å². The molecule has 1 saturated carbocycles. The van der Waals surface area contributed by atoms with E-state index in [0.717, 1.165) is 17.7 Å². The zero-order valence-corrected chi connectivity index (χ0v) is 13.3. The van der Waals surface area contributed by atoms with Crippen molar-refractivity contribution in [3.05, 3.63) is 27.2 Å². The smallest absolute Gasteiger partial charge is 0.358 e. The SMILES string of the molecule is COC(=O)c1nc(-c2ccc(Cl)s2)nc(NC2CC2)c1Cl. The predicted molar refractivity (Wildman–Crippen MR) is 83.3 cm³/mol. The van der Waals surface area contributed by atoms with Gasteiger partial charge in [-0.2, -0.15) is 0 Å². The maximum Gasteiger partial charge on any atom is 0.358 e. The molecule has 5 nitrogen and oxygen atoms in total. The van der Waals surface area contributed by atoms with Crippen LogP contribution in [0.2, 0.25) is 9.36 Å². The Kier molecular flexibility index (Phi) is 4.01. The lowest BCUT2D eigenvalue weighted by Gasteiger charge is -2.10. The van der Waals surface area contributed by atoms with E-state index < -0.39 is 5.97 Å². The van der Waals surface area contributed by atoms with Gasteiger partial charge in [0.25, 0.3) is 0 Å². The van der Waals surface area contributed by atoms with Crippen molar-refractivity contribution in [3.63, 3.8) is 0 Å². The van der Waals surface area contributed by atoms with Crippen molar-refractivity contribution >= 4 is 46.3 Å². The first-order valence-corrected chi connectivity index (χ1v) is 7.84. The second-order valence-corrected chi connectivity index (χ2v) is 6.67. The zero-order chi connectivity index (χ0) is 15.0. The van der Waals surface area contributed by atoms with Crippen LogP contribution in [0.5, 0.6) is 0 Å². The number of aromatic nitrogens is 2. The van der Waals surface area contributed by atoms with Gasteiger partial charge in [-0.3, -0.25) is 0 Å². The number of thiophene rings is 1. The largest absolute Gasteiger partial charge is 0.464 e. The van der Waals surface area contributed by atoms with Gasteiger partial charge >= 0.3 is 5.97 Å². The van der Waals surface area contributed by atoms with Crippen LogP contribution in [0.3, 0.4) is 0 Å². The van der Waals surface area contributed by atoms with Crippen molar-refractivity contribution in [1.82, 2.24) is 9.97 Å². The fourth-order valence-corrected chi connectivity index (χ4v) is 2.93. The van der Waals surface area contributed by atoms with E-state index in [-0.39, 0.29) is 10.7 Å². The van der Waals surface area contributed by atoms with Crippen molar-refractivity contribution in [2.75, 3.05) is 12.4 Å². The van der Waals surface area contributed by atoms with Gasteiger partial charge in [-0.15, -0.1) is 11.3 Å². The molecular formula is C13H11Cl2N3O2S. The number of nitrogens with one attached hydrogen (secondary N) is 1. The van der Waals surface area contributed by atoms with E-state index in [9.17, 15) is 4.79 Å². The number of methoxy groups -OCH3 is 1. The highest BCUT2D eigenvalue weighted by atomic mass is 35.5. The molecule has 2 aromatic rings. The minimum atomic E-state index is -0.592. The topological polar surface area (TPSA) is 64.1 Å². The lowest BCUT2D eigenvalue weighted by atomic mass is 10.3. The Bertz CT molecular complexity index is 701. The highest BCUT2D eigenvalue weighted by Crippen LogP contribution is 2.34. The van der Waals surface area contributed by atoms with Gasteiger partial charge in [-0.1, -0.05) is 23.2 Å². The Morgan fingerprint density at radius 1 is 1.38 bits per heavy atom. The predicted octanol–water partition coefficient (Wildman–Crippen LogP) is 3.87. The molecule has 110 valence electrons. The lowest BCUT2D eigenvalue weighted by Crippen LogP contribution is -2.12. The molecule has 0 spiro atoms. The molecule has 0 aromatic carbocycles.